The first-order chi connectivity index (χ1) is 13.8. The van der Waals surface area contributed by atoms with Crippen molar-refractivity contribution in [3.05, 3.63) is 52.5 Å². The minimum absolute atomic E-state index is 0.0617. The fourth-order valence-electron chi connectivity index (χ4n) is 2.44. The molecule has 0 atom stereocenters. The minimum atomic E-state index is -3.90. The number of nitrogens with zero attached hydrogens (tertiary/aromatic N) is 2. The molecule has 0 spiro atoms. The van der Waals surface area contributed by atoms with Crippen LogP contribution in [0.25, 0.3) is 10.7 Å². The number of halogens is 1. The number of rotatable bonds is 8. The summed E-state index contributed by atoms with van der Waals surface area (Å²) in [5.74, 6) is -0.0818. The van der Waals surface area contributed by atoms with Crippen molar-refractivity contribution in [1.82, 2.24) is 20.2 Å². The molecule has 0 aliphatic carbocycles. The van der Waals surface area contributed by atoms with Gasteiger partial charge in [0.2, 0.25) is 27.6 Å². The van der Waals surface area contributed by atoms with Crippen LogP contribution in [-0.2, 0) is 27.8 Å². The maximum absolute atomic E-state index is 12.9. The van der Waals surface area contributed by atoms with E-state index in [0.29, 0.717) is 33.5 Å². The molecule has 0 radical (unpaired) electrons. The Balaban J connectivity index is 1.61. The molecule has 3 rings (SSSR count). The Hall–Kier alpha value is -2.63. The molecule has 3 aromatic rings. The number of thiophene rings is 1. The summed E-state index contributed by atoms with van der Waals surface area (Å²) < 4.78 is 45.4. The van der Waals surface area contributed by atoms with Gasteiger partial charge in [-0.3, -0.25) is 4.79 Å². The summed E-state index contributed by atoms with van der Waals surface area (Å²) in [6.07, 6.45) is 0.580. The van der Waals surface area contributed by atoms with Crippen LogP contribution >= 0.6 is 11.3 Å². The van der Waals surface area contributed by atoms with Gasteiger partial charge in [0.05, 0.1) is 16.3 Å². The number of hydrogen-bond donors (Lipinski definition) is 2. The minimum Gasteiger partial charge on any atom is -0.351 e. The predicted octanol–water partition coefficient (Wildman–Crippen LogP) is 2.40. The van der Waals surface area contributed by atoms with Crippen molar-refractivity contribution >= 4 is 27.3 Å². The lowest BCUT2D eigenvalue weighted by molar-refractivity contribution is -0.120. The zero-order valence-electron chi connectivity index (χ0n) is 15.7. The normalized spacial score (nSPS) is 11.6. The van der Waals surface area contributed by atoms with Crippen LogP contribution in [0.15, 0.2) is 39.8 Å². The zero-order valence-corrected chi connectivity index (χ0v) is 17.4. The molecule has 1 amide bonds. The van der Waals surface area contributed by atoms with Gasteiger partial charge >= 0.3 is 0 Å². The Kier molecular flexibility index (Phi) is 6.40. The summed E-state index contributed by atoms with van der Waals surface area (Å²) in [5, 5.41) is 6.43. The van der Waals surface area contributed by atoms with Gasteiger partial charge in [0, 0.05) is 17.8 Å². The van der Waals surface area contributed by atoms with Crippen molar-refractivity contribution in [3.63, 3.8) is 0 Å². The second-order valence-electron chi connectivity index (χ2n) is 6.12. The van der Waals surface area contributed by atoms with Crippen molar-refractivity contribution in [2.75, 3.05) is 6.54 Å². The van der Waals surface area contributed by atoms with E-state index >= 15 is 0 Å². The molecule has 11 heteroatoms. The van der Waals surface area contributed by atoms with E-state index < -0.39 is 22.5 Å². The Morgan fingerprint density at radius 1 is 1.28 bits per heavy atom. The van der Waals surface area contributed by atoms with Crippen LogP contribution in [0.3, 0.4) is 0 Å². The molecule has 154 valence electrons. The van der Waals surface area contributed by atoms with Crippen LogP contribution in [0.2, 0.25) is 0 Å². The van der Waals surface area contributed by atoms with Crippen molar-refractivity contribution in [2.24, 2.45) is 0 Å². The lowest BCUT2D eigenvalue weighted by Gasteiger charge is -2.08. The average Bonchev–Trinajstić information content (AvgIpc) is 3.33. The lowest BCUT2D eigenvalue weighted by Crippen LogP contribution is -2.36. The highest BCUT2D eigenvalue weighted by atomic mass is 32.2. The number of aryl methyl sites for hydroxylation is 2. The third-order valence-electron chi connectivity index (χ3n) is 3.98. The van der Waals surface area contributed by atoms with Gasteiger partial charge in [0.1, 0.15) is 5.82 Å². The molecule has 0 fully saturated rings. The molecular formula is C18H19FN4O4S2. The summed E-state index contributed by atoms with van der Waals surface area (Å²) in [5.41, 5.74) is 0.701. The quantitative estimate of drug-likeness (QED) is 0.558. The molecular weight excluding hydrogens is 419 g/mol. The van der Waals surface area contributed by atoms with E-state index in [9.17, 15) is 17.6 Å². The molecule has 0 aliphatic heterocycles. The SMILES string of the molecule is CCc1nc(-c2cc(S(=O)(=O)NCC(=O)NCc3ccc(F)cc3)c(C)s2)no1. The van der Waals surface area contributed by atoms with Crippen LogP contribution in [0.4, 0.5) is 4.39 Å². The summed E-state index contributed by atoms with van der Waals surface area (Å²) in [7, 11) is -3.90. The molecule has 0 saturated heterocycles. The van der Waals surface area contributed by atoms with E-state index in [2.05, 4.69) is 20.2 Å². The highest BCUT2D eigenvalue weighted by molar-refractivity contribution is 7.89. The third-order valence-corrected chi connectivity index (χ3v) is 6.68. The summed E-state index contributed by atoms with van der Waals surface area (Å²) in [4.78, 5) is 17.3. The highest BCUT2D eigenvalue weighted by Gasteiger charge is 2.23. The lowest BCUT2D eigenvalue weighted by atomic mass is 10.2. The fourth-order valence-corrected chi connectivity index (χ4v) is 4.94. The van der Waals surface area contributed by atoms with Gasteiger partial charge in [-0.2, -0.15) is 4.98 Å². The van der Waals surface area contributed by atoms with Crippen LogP contribution in [-0.4, -0.2) is 31.0 Å². The summed E-state index contributed by atoms with van der Waals surface area (Å²) in [6, 6.07) is 7.11. The van der Waals surface area contributed by atoms with Crippen LogP contribution < -0.4 is 10.0 Å². The standard InChI is InChI=1S/C18H19FN4O4S2/c1-3-17-22-18(23-27-17)14-8-15(11(2)28-14)29(25,26)21-10-16(24)20-9-12-4-6-13(19)7-5-12/h4-8,21H,3,9-10H2,1-2H3,(H,20,24). The van der Waals surface area contributed by atoms with E-state index in [1.54, 1.807) is 6.92 Å². The Morgan fingerprint density at radius 2 is 2.00 bits per heavy atom. The topological polar surface area (TPSA) is 114 Å². The summed E-state index contributed by atoms with van der Waals surface area (Å²) >= 11 is 1.23. The largest absolute Gasteiger partial charge is 0.351 e. The molecule has 2 N–H and O–H groups in total. The molecule has 2 aromatic heterocycles. The Bertz CT molecular complexity index is 1110. The number of aromatic nitrogens is 2. The second-order valence-corrected chi connectivity index (χ2v) is 9.12. The Morgan fingerprint density at radius 3 is 2.66 bits per heavy atom. The number of carbonyl (C=O) groups is 1. The van der Waals surface area contributed by atoms with Gasteiger partial charge in [-0.1, -0.05) is 24.2 Å². The highest BCUT2D eigenvalue weighted by Crippen LogP contribution is 2.31. The molecule has 0 saturated carbocycles. The maximum Gasteiger partial charge on any atom is 0.242 e. The first kappa shape index (κ1) is 21.1. The smallest absolute Gasteiger partial charge is 0.242 e. The van der Waals surface area contributed by atoms with Crippen molar-refractivity contribution in [1.29, 1.82) is 0 Å². The Labute approximate surface area is 171 Å². The molecule has 1 aromatic carbocycles. The van der Waals surface area contributed by atoms with Gasteiger partial charge in [0.15, 0.2) is 0 Å². The first-order valence-corrected chi connectivity index (χ1v) is 11.0. The number of hydrogen-bond acceptors (Lipinski definition) is 7. The molecule has 2 heterocycles. The maximum atomic E-state index is 12.9. The zero-order chi connectivity index (χ0) is 21.0. The third kappa shape index (κ3) is 5.25. The number of nitrogens with one attached hydrogen (secondary N) is 2. The van der Waals surface area contributed by atoms with Crippen molar-refractivity contribution in [3.8, 4) is 10.7 Å². The first-order valence-electron chi connectivity index (χ1n) is 8.72. The average molecular weight is 439 g/mol. The molecule has 0 bridgehead atoms. The molecule has 29 heavy (non-hydrogen) atoms. The van der Waals surface area contributed by atoms with E-state index in [-0.39, 0.29) is 17.3 Å². The molecule has 0 aliphatic rings. The summed E-state index contributed by atoms with van der Waals surface area (Å²) in [6.45, 7) is 3.28. The van der Waals surface area contributed by atoms with Gasteiger partial charge < -0.3 is 9.84 Å². The predicted molar refractivity (Wildman–Crippen MR) is 105 cm³/mol. The van der Waals surface area contributed by atoms with E-state index in [1.807, 2.05) is 6.92 Å². The van der Waals surface area contributed by atoms with Crippen molar-refractivity contribution in [2.45, 2.75) is 31.7 Å². The number of benzene rings is 1. The number of amides is 1. The van der Waals surface area contributed by atoms with Gasteiger partial charge in [-0.25, -0.2) is 17.5 Å². The van der Waals surface area contributed by atoms with E-state index in [4.69, 9.17) is 4.52 Å². The van der Waals surface area contributed by atoms with Crippen molar-refractivity contribution < 1.29 is 22.1 Å². The van der Waals surface area contributed by atoms with Crippen LogP contribution in [0.5, 0.6) is 0 Å². The number of carbonyl (C=O) groups excluding carboxylic acids is 1. The second kappa shape index (κ2) is 8.80. The van der Waals surface area contributed by atoms with E-state index in [0.717, 1.165) is 0 Å². The van der Waals surface area contributed by atoms with Gasteiger partial charge in [-0.15, -0.1) is 11.3 Å². The van der Waals surface area contributed by atoms with Crippen LogP contribution in [0.1, 0.15) is 23.3 Å². The van der Waals surface area contributed by atoms with Gasteiger partial charge in [0.25, 0.3) is 0 Å². The van der Waals surface area contributed by atoms with Crippen LogP contribution in [0, 0.1) is 12.7 Å². The van der Waals surface area contributed by atoms with E-state index in [1.165, 1.54) is 41.7 Å². The molecule has 8 nitrogen and oxygen atoms in total. The molecule has 0 unspecified atom stereocenters. The van der Waals surface area contributed by atoms with Gasteiger partial charge in [-0.05, 0) is 30.7 Å². The monoisotopic (exact) mass is 438 g/mol. The number of sulfonamides is 1. The fraction of sp³-hybridized carbons (Fsp3) is 0.278.